The van der Waals surface area contributed by atoms with Crippen LogP contribution in [0.3, 0.4) is 0 Å². The lowest BCUT2D eigenvalue weighted by Crippen LogP contribution is -2.26. The molecule has 3 heteroatoms. The standard InChI is InChI=1S/C14H20O3/c1-10(15)6-11-4-5-12-13(7-11)17-9-14(2,3)8-16-12/h4-5,7,10,15H,6,8-9H2,1-3H3. The highest BCUT2D eigenvalue weighted by Crippen LogP contribution is 2.34. The van der Waals surface area contributed by atoms with Crippen molar-refractivity contribution in [1.29, 1.82) is 0 Å². The van der Waals surface area contributed by atoms with Crippen LogP contribution in [-0.4, -0.2) is 24.4 Å². The SMILES string of the molecule is CC(O)Cc1ccc2c(c1)OCC(C)(C)CO2. The molecule has 94 valence electrons. The van der Waals surface area contributed by atoms with E-state index in [1.54, 1.807) is 6.92 Å². The van der Waals surface area contributed by atoms with Gasteiger partial charge in [0.05, 0.1) is 19.3 Å². The van der Waals surface area contributed by atoms with Crippen molar-refractivity contribution in [2.45, 2.75) is 33.3 Å². The molecule has 0 saturated carbocycles. The Morgan fingerprint density at radius 3 is 2.53 bits per heavy atom. The third kappa shape index (κ3) is 3.13. The first-order valence-corrected chi connectivity index (χ1v) is 6.03. The zero-order valence-corrected chi connectivity index (χ0v) is 10.7. The van der Waals surface area contributed by atoms with Crippen LogP contribution in [0.4, 0.5) is 0 Å². The third-order valence-corrected chi connectivity index (χ3v) is 2.78. The van der Waals surface area contributed by atoms with Gasteiger partial charge in [0.25, 0.3) is 0 Å². The number of aliphatic hydroxyl groups is 1. The Balaban J connectivity index is 2.20. The Bertz CT molecular complexity index is 396. The molecule has 0 fully saturated rings. The van der Waals surface area contributed by atoms with Crippen LogP contribution >= 0.6 is 0 Å². The Kier molecular flexibility index (Phi) is 3.29. The minimum Gasteiger partial charge on any atom is -0.489 e. The van der Waals surface area contributed by atoms with E-state index in [2.05, 4.69) is 13.8 Å². The van der Waals surface area contributed by atoms with E-state index >= 15 is 0 Å². The van der Waals surface area contributed by atoms with Gasteiger partial charge in [-0.3, -0.25) is 0 Å². The molecule has 1 atom stereocenters. The number of fused-ring (bicyclic) bond motifs is 1. The molecule has 2 rings (SSSR count). The molecule has 0 aromatic heterocycles. The van der Waals surface area contributed by atoms with Crippen LogP contribution in [0.15, 0.2) is 18.2 Å². The molecule has 17 heavy (non-hydrogen) atoms. The Labute approximate surface area is 102 Å². The maximum Gasteiger partial charge on any atom is 0.161 e. The van der Waals surface area contributed by atoms with Crippen LogP contribution in [0.1, 0.15) is 26.3 Å². The maximum atomic E-state index is 9.38. The van der Waals surface area contributed by atoms with E-state index in [0.29, 0.717) is 19.6 Å². The van der Waals surface area contributed by atoms with Gasteiger partial charge in [-0.05, 0) is 31.0 Å². The first-order valence-electron chi connectivity index (χ1n) is 6.03. The number of hydrogen-bond acceptors (Lipinski definition) is 3. The number of hydrogen-bond donors (Lipinski definition) is 1. The molecule has 3 nitrogen and oxygen atoms in total. The fraction of sp³-hybridized carbons (Fsp3) is 0.571. The van der Waals surface area contributed by atoms with Crippen molar-refractivity contribution in [3.63, 3.8) is 0 Å². The summed E-state index contributed by atoms with van der Waals surface area (Å²) in [5.74, 6) is 1.58. The normalized spacial score (nSPS) is 19.5. The minimum atomic E-state index is -0.337. The molecule has 1 N–H and O–H groups in total. The fourth-order valence-electron chi connectivity index (χ4n) is 1.84. The van der Waals surface area contributed by atoms with Gasteiger partial charge in [-0.2, -0.15) is 0 Å². The average molecular weight is 236 g/mol. The van der Waals surface area contributed by atoms with Gasteiger partial charge in [0.1, 0.15) is 0 Å². The van der Waals surface area contributed by atoms with Gasteiger partial charge in [0, 0.05) is 5.41 Å². The van der Waals surface area contributed by atoms with Gasteiger partial charge < -0.3 is 14.6 Å². The van der Waals surface area contributed by atoms with E-state index in [-0.39, 0.29) is 11.5 Å². The molecule has 0 bridgehead atoms. The summed E-state index contributed by atoms with van der Waals surface area (Å²) < 4.78 is 11.5. The number of aliphatic hydroxyl groups excluding tert-OH is 1. The van der Waals surface area contributed by atoms with E-state index < -0.39 is 0 Å². The molecule has 1 heterocycles. The summed E-state index contributed by atoms with van der Waals surface area (Å²) in [6.07, 6.45) is 0.302. The van der Waals surface area contributed by atoms with Crippen molar-refractivity contribution in [2.24, 2.45) is 5.41 Å². The third-order valence-electron chi connectivity index (χ3n) is 2.78. The predicted octanol–water partition coefficient (Wildman–Crippen LogP) is 2.41. The zero-order chi connectivity index (χ0) is 12.5. The molecule has 0 spiro atoms. The summed E-state index contributed by atoms with van der Waals surface area (Å²) in [5, 5.41) is 9.38. The van der Waals surface area contributed by atoms with Crippen LogP contribution in [0.5, 0.6) is 11.5 Å². The summed E-state index contributed by atoms with van der Waals surface area (Å²) in [6, 6.07) is 5.87. The average Bonchev–Trinajstić information content (AvgIpc) is 2.38. The molecule has 0 radical (unpaired) electrons. The second kappa shape index (κ2) is 4.57. The minimum absolute atomic E-state index is 0.0312. The highest BCUT2D eigenvalue weighted by atomic mass is 16.5. The molecule has 0 saturated heterocycles. The van der Waals surface area contributed by atoms with E-state index in [0.717, 1.165) is 17.1 Å². The smallest absolute Gasteiger partial charge is 0.161 e. The lowest BCUT2D eigenvalue weighted by Gasteiger charge is -2.19. The van der Waals surface area contributed by atoms with E-state index in [9.17, 15) is 5.11 Å². The second-order valence-electron chi connectivity index (χ2n) is 5.58. The fourth-order valence-corrected chi connectivity index (χ4v) is 1.84. The molecule has 1 aromatic rings. The monoisotopic (exact) mass is 236 g/mol. The Morgan fingerprint density at radius 2 is 1.88 bits per heavy atom. The first-order chi connectivity index (χ1) is 7.96. The van der Waals surface area contributed by atoms with Gasteiger partial charge >= 0.3 is 0 Å². The number of rotatable bonds is 2. The van der Waals surface area contributed by atoms with E-state index in [1.165, 1.54) is 0 Å². The summed E-state index contributed by atoms with van der Waals surface area (Å²) in [4.78, 5) is 0. The predicted molar refractivity (Wildman–Crippen MR) is 66.6 cm³/mol. The van der Waals surface area contributed by atoms with Crippen LogP contribution in [-0.2, 0) is 6.42 Å². The molecule has 1 aliphatic heterocycles. The van der Waals surface area contributed by atoms with Crippen LogP contribution < -0.4 is 9.47 Å². The topological polar surface area (TPSA) is 38.7 Å². The van der Waals surface area contributed by atoms with E-state index in [1.807, 2.05) is 18.2 Å². The number of ether oxygens (including phenoxy) is 2. The molecular weight excluding hydrogens is 216 g/mol. The molecular formula is C14H20O3. The molecule has 0 aliphatic carbocycles. The van der Waals surface area contributed by atoms with Crippen LogP contribution in [0.25, 0.3) is 0 Å². The Hall–Kier alpha value is -1.22. The zero-order valence-electron chi connectivity index (χ0n) is 10.7. The largest absolute Gasteiger partial charge is 0.489 e. The van der Waals surface area contributed by atoms with Crippen molar-refractivity contribution in [3.8, 4) is 11.5 Å². The van der Waals surface area contributed by atoms with Gasteiger partial charge in [0.2, 0.25) is 0 Å². The van der Waals surface area contributed by atoms with Crippen molar-refractivity contribution in [2.75, 3.05) is 13.2 Å². The maximum absolute atomic E-state index is 9.38. The summed E-state index contributed by atoms with van der Waals surface area (Å²) >= 11 is 0. The number of benzene rings is 1. The van der Waals surface area contributed by atoms with Gasteiger partial charge in [-0.25, -0.2) is 0 Å². The van der Waals surface area contributed by atoms with Crippen molar-refractivity contribution < 1.29 is 14.6 Å². The van der Waals surface area contributed by atoms with Crippen molar-refractivity contribution >= 4 is 0 Å². The highest BCUT2D eigenvalue weighted by molar-refractivity contribution is 5.43. The first kappa shape index (κ1) is 12.2. The van der Waals surface area contributed by atoms with Gasteiger partial charge in [-0.1, -0.05) is 19.9 Å². The lowest BCUT2D eigenvalue weighted by atomic mass is 9.97. The highest BCUT2D eigenvalue weighted by Gasteiger charge is 2.25. The van der Waals surface area contributed by atoms with Crippen LogP contribution in [0.2, 0.25) is 0 Å². The molecule has 1 aliphatic rings. The lowest BCUT2D eigenvalue weighted by molar-refractivity contribution is 0.140. The van der Waals surface area contributed by atoms with Gasteiger partial charge in [-0.15, -0.1) is 0 Å². The van der Waals surface area contributed by atoms with Crippen LogP contribution in [0, 0.1) is 5.41 Å². The Morgan fingerprint density at radius 1 is 1.24 bits per heavy atom. The van der Waals surface area contributed by atoms with Gasteiger partial charge in [0.15, 0.2) is 11.5 Å². The van der Waals surface area contributed by atoms with E-state index in [4.69, 9.17) is 9.47 Å². The van der Waals surface area contributed by atoms with Crippen molar-refractivity contribution in [1.82, 2.24) is 0 Å². The summed E-state index contributed by atoms with van der Waals surface area (Å²) in [5.41, 5.74) is 1.10. The molecule has 1 aromatic carbocycles. The summed E-state index contributed by atoms with van der Waals surface area (Å²) in [7, 11) is 0. The second-order valence-corrected chi connectivity index (χ2v) is 5.58. The quantitative estimate of drug-likeness (QED) is 0.857. The molecule has 1 unspecified atom stereocenters. The summed E-state index contributed by atoms with van der Waals surface area (Å²) in [6.45, 7) is 7.34. The molecule has 0 amide bonds. The van der Waals surface area contributed by atoms with Crippen molar-refractivity contribution in [3.05, 3.63) is 23.8 Å².